The average Bonchev–Trinajstić information content (AvgIpc) is 2.96. The van der Waals surface area contributed by atoms with Crippen molar-refractivity contribution < 1.29 is 0 Å². The molecule has 3 aromatic heterocycles. The van der Waals surface area contributed by atoms with Crippen molar-refractivity contribution in [3.05, 3.63) is 28.7 Å². The van der Waals surface area contributed by atoms with E-state index >= 15 is 0 Å². The summed E-state index contributed by atoms with van der Waals surface area (Å²) in [6.07, 6.45) is 3.50. The first kappa shape index (κ1) is 10.5. The summed E-state index contributed by atoms with van der Waals surface area (Å²) in [4.78, 5) is 27.0. The summed E-state index contributed by atoms with van der Waals surface area (Å²) in [6, 6.07) is 0. The van der Waals surface area contributed by atoms with Gasteiger partial charge in [0.15, 0.2) is 11.5 Å². The molecule has 8 heteroatoms. The van der Waals surface area contributed by atoms with Crippen LogP contribution in [0.25, 0.3) is 17.0 Å². The number of hydrogen-bond donors (Lipinski definition) is 3. The first-order valence-corrected chi connectivity index (χ1v) is 5.46. The van der Waals surface area contributed by atoms with Crippen LogP contribution in [0.5, 0.6) is 0 Å². The van der Waals surface area contributed by atoms with Gasteiger partial charge < -0.3 is 10.7 Å². The molecule has 0 saturated heterocycles. The van der Waals surface area contributed by atoms with Crippen LogP contribution in [0.1, 0.15) is 12.6 Å². The molecule has 0 atom stereocenters. The monoisotopic (exact) mass is 245 g/mol. The predicted octanol–water partition coefficient (Wildman–Crippen LogP) is -0.0235. The van der Waals surface area contributed by atoms with Crippen LogP contribution in [0.3, 0.4) is 0 Å². The highest BCUT2D eigenvalue weighted by atomic mass is 16.1. The molecule has 0 bridgehead atoms. The fourth-order valence-electron chi connectivity index (χ4n) is 1.84. The van der Waals surface area contributed by atoms with Crippen molar-refractivity contribution in [2.45, 2.75) is 13.3 Å². The van der Waals surface area contributed by atoms with E-state index in [1.165, 1.54) is 17.3 Å². The summed E-state index contributed by atoms with van der Waals surface area (Å²) in [5, 5.41) is 2.94. The zero-order valence-corrected chi connectivity index (χ0v) is 9.64. The Bertz CT molecular complexity index is 766. The third kappa shape index (κ3) is 1.32. The van der Waals surface area contributed by atoms with Gasteiger partial charge in [-0.15, -0.1) is 0 Å². The molecule has 3 aromatic rings. The molecule has 18 heavy (non-hydrogen) atoms. The Hall–Kier alpha value is -2.64. The van der Waals surface area contributed by atoms with Crippen molar-refractivity contribution in [1.82, 2.24) is 29.7 Å². The summed E-state index contributed by atoms with van der Waals surface area (Å²) in [5.41, 5.74) is 7.40. The number of aryl methyl sites for hydroxylation is 1. The van der Waals surface area contributed by atoms with Crippen molar-refractivity contribution in [1.29, 1.82) is 0 Å². The summed E-state index contributed by atoms with van der Waals surface area (Å²) in [7, 11) is 0. The van der Waals surface area contributed by atoms with Crippen LogP contribution < -0.4 is 11.3 Å². The Balaban J connectivity index is 2.33. The van der Waals surface area contributed by atoms with Gasteiger partial charge >= 0.3 is 0 Å². The van der Waals surface area contributed by atoms with E-state index in [4.69, 9.17) is 5.73 Å². The Morgan fingerprint density at radius 1 is 1.39 bits per heavy atom. The number of anilines is 1. The van der Waals surface area contributed by atoms with E-state index in [9.17, 15) is 4.79 Å². The largest absolute Gasteiger partial charge is 0.393 e. The number of rotatable bonds is 2. The van der Waals surface area contributed by atoms with Crippen molar-refractivity contribution in [3.63, 3.8) is 0 Å². The van der Waals surface area contributed by atoms with Gasteiger partial charge in [0.2, 0.25) is 0 Å². The van der Waals surface area contributed by atoms with Gasteiger partial charge in [-0.25, -0.2) is 15.0 Å². The first-order chi connectivity index (χ1) is 8.72. The molecule has 0 saturated carbocycles. The number of imidazole rings is 1. The lowest BCUT2D eigenvalue weighted by Crippen LogP contribution is -2.18. The number of hydrogen-bond acceptors (Lipinski definition) is 5. The van der Waals surface area contributed by atoms with Gasteiger partial charge in [-0.05, 0) is 6.42 Å². The number of nitrogen functional groups attached to an aromatic ring is 1. The molecule has 0 amide bonds. The second kappa shape index (κ2) is 3.69. The zero-order chi connectivity index (χ0) is 12.7. The van der Waals surface area contributed by atoms with Crippen LogP contribution in [0, 0.1) is 0 Å². The Labute approximate surface area is 101 Å². The van der Waals surface area contributed by atoms with E-state index in [-0.39, 0.29) is 11.2 Å². The van der Waals surface area contributed by atoms with E-state index in [1.807, 2.05) is 6.92 Å². The standard InChI is InChI=1S/C10H11N7O/c1-2-5-6(11)10(18)17(16-5)9-7-8(13-3-12-7)14-4-15-9/h3-4,16H,2,11H2,1H3,(H,12,13,14,15). The highest BCUT2D eigenvalue weighted by Crippen LogP contribution is 2.14. The number of aromatic amines is 2. The van der Waals surface area contributed by atoms with Gasteiger partial charge in [0.05, 0.1) is 12.0 Å². The maximum Gasteiger partial charge on any atom is 0.296 e. The Morgan fingerprint density at radius 3 is 2.94 bits per heavy atom. The lowest BCUT2D eigenvalue weighted by Gasteiger charge is -2.00. The molecule has 3 heterocycles. The fraction of sp³-hybridized carbons (Fsp3) is 0.200. The number of fused-ring (bicyclic) bond motifs is 1. The van der Waals surface area contributed by atoms with E-state index < -0.39 is 0 Å². The summed E-state index contributed by atoms with van der Waals surface area (Å²) in [6.45, 7) is 1.91. The molecule has 0 fully saturated rings. The Kier molecular flexibility index (Phi) is 2.15. The van der Waals surface area contributed by atoms with Crippen molar-refractivity contribution in [2.75, 3.05) is 5.73 Å². The van der Waals surface area contributed by atoms with Crippen LogP contribution in [0.2, 0.25) is 0 Å². The number of H-pyrrole nitrogens is 2. The fourth-order valence-corrected chi connectivity index (χ4v) is 1.84. The quantitative estimate of drug-likeness (QED) is 0.586. The van der Waals surface area contributed by atoms with E-state index in [1.54, 1.807) is 0 Å². The number of nitrogens with zero attached hydrogens (tertiary/aromatic N) is 4. The highest BCUT2D eigenvalue weighted by Gasteiger charge is 2.15. The summed E-state index contributed by atoms with van der Waals surface area (Å²) in [5.74, 6) is 0.411. The molecule has 0 aliphatic heterocycles. The van der Waals surface area contributed by atoms with Gasteiger partial charge in [-0.3, -0.25) is 9.89 Å². The van der Waals surface area contributed by atoms with Gasteiger partial charge in [-0.1, -0.05) is 6.92 Å². The van der Waals surface area contributed by atoms with Crippen LogP contribution in [-0.2, 0) is 6.42 Å². The lowest BCUT2D eigenvalue weighted by atomic mass is 10.3. The molecular formula is C10H11N7O. The molecule has 0 aliphatic rings. The normalized spacial score (nSPS) is 11.2. The topological polar surface area (TPSA) is 118 Å². The first-order valence-electron chi connectivity index (χ1n) is 5.46. The maximum atomic E-state index is 12.0. The molecule has 3 rings (SSSR count). The van der Waals surface area contributed by atoms with Crippen LogP contribution in [-0.4, -0.2) is 29.7 Å². The van der Waals surface area contributed by atoms with Crippen molar-refractivity contribution in [3.8, 4) is 5.82 Å². The van der Waals surface area contributed by atoms with Crippen molar-refractivity contribution >= 4 is 16.9 Å². The predicted molar refractivity (Wildman–Crippen MR) is 65.4 cm³/mol. The molecule has 0 aromatic carbocycles. The molecule has 92 valence electrons. The minimum atomic E-state index is -0.318. The number of nitrogens with two attached hydrogens (primary N) is 1. The smallest absolute Gasteiger partial charge is 0.296 e. The maximum absolute atomic E-state index is 12.0. The third-order valence-electron chi connectivity index (χ3n) is 2.77. The summed E-state index contributed by atoms with van der Waals surface area (Å²) < 4.78 is 1.30. The van der Waals surface area contributed by atoms with Gasteiger partial charge in [-0.2, -0.15) is 4.68 Å². The van der Waals surface area contributed by atoms with E-state index in [0.717, 1.165) is 0 Å². The lowest BCUT2D eigenvalue weighted by molar-refractivity contribution is 0.796. The van der Waals surface area contributed by atoms with Gasteiger partial charge in [0, 0.05) is 0 Å². The SMILES string of the molecule is CCc1[nH]n(-c2ncnc3nc[nH]c23)c(=O)c1N. The minimum Gasteiger partial charge on any atom is -0.393 e. The van der Waals surface area contributed by atoms with Crippen molar-refractivity contribution in [2.24, 2.45) is 0 Å². The van der Waals surface area contributed by atoms with E-state index in [2.05, 4.69) is 25.0 Å². The second-order valence-corrected chi connectivity index (χ2v) is 3.80. The summed E-state index contributed by atoms with van der Waals surface area (Å²) >= 11 is 0. The van der Waals surface area contributed by atoms with Gasteiger partial charge in [0.25, 0.3) is 5.56 Å². The molecule has 8 nitrogen and oxygen atoms in total. The van der Waals surface area contributed by atoms with Crippen LogP contribution in [0.4, 0.5) is 5.69 Å². The second-order valence-electron chi connectivity index (χ2n) is 3.80. The number of nitrogens with one attached hydrogen (secondary N) is 2. The minimum absolute atomic E-state index is 0.212. The third-order valence-corrected chi connectivity index (χ3v) is 2.77. The van der Waals surface area contributed by atoms with Crippen LogP contribution in [0.15, 0.2) is 17.4 Å². The van der Waals surface area contributed by atoms with Gasteiger partial charge in [0.1, 0.15) is 17.5 Å². The van der Waals surface area contributed by atoms with E-state index in [0.29, 0.717) is 29.1 Å². The average molecular weight is 245 g/mol. The molecule has 4 N–H and O–H groups in total. The highest BCUT2D eigenvalue weighted by molar-refractivity contribution is 5.77. The zero-order valence-electron chi connectivity index (χ0n) is 9.64. The molecule has 0 aliphatic carbocycles. The Morgan fingerprint density at radius 2 is 2.22 bits per heavy atom. The molecule has 0 radical (unpaired) electrons. The molecular weight excluding hydrogens is 234 g/mol. The molecule has 0 spiro atoms. The van der Waals surface area contributed by atoms with Crippen LogP contribution >= 0.6 is 0 Å². The molecule has 0 unspecified atom stereocenters. The number of aromatic nitrogens is 6.